The van der Waals surface area contributed by atoms with Gasteiger partial charge in [-0.15, -0.1) is 11.3 Å². The van der Waals surface area contributed by atoms with E-state index in [9.17, 15) is 22.8 Å². The fourth-order valence-corrected chi connectivity index (χ4v) is 9.10. The molecule has 14 heteroatoms. The molecule has 12 nitrogen and oxygen atoms in total. The zero-order valence-corrected chi connectivity index (χ0v) is 32.8. The van der Waals surface area contributed by atoms with Crippen LogP contribution >= 0.6 is 11.3 Å². The molecule has 3 N–H and O–H groups in total. The van der Waals surface area contributed by atoms with E-state index in [-0.39, 0.29) is 30.2 Å². The van der Waals surface area contributed by atoms with Crippen LogP contribution in [0.15, 0.2) is 84.3 Å². The zero-order valence-electron chi connectivity index (χ0n) is 31.1. The van der Waals surface area contributed by atoms with Gasteiger partial charge < -0.3 is 20.3 Å². The van der Waals surface area contributed by atoms with Gasteiger partial charge in [0.2, 0.25) is 33.6 Å². The van der Waals surface area contributed by atoms with Crippen molar-refractivity contribution in [1.82, 2.24) is 24.9 Å². The van der Waals surface area contributed by atoms with E-state index in [1.165, 1.54) is 0 Å². The van der Waals surface area contributed by atoms with Crippen LogP contribution < -0.4 is 20.1 Å². The van der Waals surface area contributed by atoms with Crippen molar-refractivity contribution in [1.29, 1.82) is 0 Å². The summed E-state index contributed by atoms with van der Waals surface area (Å²) in [6, 6.07) is 19.9. The molecule has 2 aromatic carbocycles. The van der Waals surface area contributed by atoms with Crippen molar-refractivity contribution in [3.63, 3.8) is 0 Å². The summed E-state index contributed by atoms with van der Waals surface area (Å²) in [5.74, 6) is -0.660. The molecule has 0 unspecified atom stereocenters. The topological polar surface area (TPSA) is 160 Å². The van der Waals surface area contributed by atoms with Gasteiger partial charge in [-0.25, -0.2) is 18.4 Å². The van der Waals surface area contributed by atoms with Crippen LogP contribution in [-0.2, 0) is 24.4 Å². The number of unbranched alkanes of at least 4 members (excludes halogenated alkanes) is 3. The first-order valence-electron chi connectivity index (χ1n) is 19.1. The largest absolute Gasteiger partial charge is 0.471 e. The van der Waals surface area contributed by atoms with E-state index in [2.05, 4.69) is 21.4 Å². The third-order valence-electron chi connectivity index (χ3n) is 10.8. The molecule has 55 heavy (non-hydrogen) atoms. The van der Waals surface area contributed by atoms with Gasteiger partial charge >= 0.3 is 0 Å². The molecule has 2 aliphatic carbocycles. The Morgan fingerprint density at radius 2 is 1.71 bits per heavy atom. The normalized spacial score (nSPS) is 22.0. The highest BCUT2D eigenvalue weighted by Gasteiger charge is 2.52. The number of rotatable bonds is 17. The van der Waals surface area contributed by atoms with Crippen LogP contribution in [0.1, 0.15) is 64.7 Å². The number of carbonyl (C=O) groups excluding carboxylic acids is 3. The predicted molar refractivity (Wildman–Crippen MR) is 214 cm³/mol. The fourth-order valence-electron chi connectivity index (χ4n) is 7.10. The number of hydrogen-bond acceptors (Lipinski definition) is 10. The van der Waals surface area contributed by atoms with Crippen molar-refractivity contribution in [2.45, 2.75) is 87.6 Å². The van der Waals surface area contributed by atoms with E-state index >= 15 is 0 Å². The molecule has 3 aliphatic rings. The Hall–Kier alpha value is -4.82. The molecular formula is C41H48N6O6S2. The molecule has 2 aromatic heterocycles. The number of nitrogens with one attached hydrogen (secondary N) is 3. The second kappa shape index (κ2) is 16.5. The van der Waals surface area contributed by atoms with E-state index in [1.807, 2.05) is 78.2 Å². The number of thiophene rings is 1. The summed E-state index contributed by atoms with van der Waals surface area (Å²) < 4.78 is 32.9. The van der Waals surface area contributed by atoms with E-state index in [0.717, 1.165) is 41.8 Å². The average Bonchev–Trinajstić information content (AvgIpc) is 4.01. The Morgan fingerprint density at radius 3 is 2.42 bits per heavy atom. The summed E-state index contributed by atoms with van der Waals surface area (Å²) >= 11 is 1.54. The number of carbonyl (C=O) groups is 3. The third-order valence-corrected chi connectivity index (χ3v) is 13.9. The standard InChI is InChI=1S/C41H48N6O6S2/c1-41(21-22-41)55(51,52)46-37(48)30-24-27(30)14-7-4-3-5-10-19-33(43-28-15-8-6-9-16-28)40(50)47-26-29(25-34(47)38(49)42-2)53-39-36(35-20-13-23-54-35)44-31-17-11-12-18-32(31)45-39/h6-9,11-18,20,23,27,29-30,33-34,43H,3-5,10,19,21-22,24-26H2,1-2H3,(H,42,49)(H,46,48)/t27-,29-,30+,33+,34+/m1/s1. The van der Waals surface area contributed by atoms with Crippen molar-refractivity contribution in [3.05, 3.63) is 84.3 Å². The molecule has 0 spiro atoms. The summed E-state index contributed by atoms with van der Waals surface area (Å²) in [6.07, 6.45) is 9.72. The minimum absolute atomic E-state index is 0.0661. The minimum atomic E-state index is -3.62. The molecule has 0 bridgehead atoms. The van der Waals surface area contributed by atoms with Crippen LogP contribution in [0.5, 0.6) is 5.88 Å². The maximum absolute atomic E-state index is 14.4. The van der Waals surface area contributed by atoms with Crippen molar-refractivity contribution < 1.29 is 27.5 Å². The second-order valence-corrected chi connectivity index (χ2v) is 18.1. The molecule has 0 radical (unpaired) electrons. The minimum Gasteiger partial charge on any atom is -0.471 e. The van der Waals surface area contributed by atoms with Crippen LogP contribution in [0.4, 0.5) is 5.69 Å². The van der Waals surface area contributed by atoms with Crippen LogP contribution in [-0.4, -0.2) is 77.5 Å². The van der Waals surface area contributed by atoms with Gasteiger partial charge in [0.25, 0.3) is 0 Å². The average molecular weight is 785 g/mol. The number of benzene rings is 2. The zero-order chi connectivity index (χ0) is 38.6. The monoisotopic (exact) mass is 784 g/mol. The number of nitrogens with zero attached hydrogens (tertiary/aromatic N) is 3. The lowest BCUT2D eigenvalue weighted by Crippen LogP contribution is -2.50. The number of hydrogen-bond donors (Lipinski definition) is 3. The van der Waals surface area contributed by atoms with Crippen LogP contribution in [0, 0.1) is 11.8 Å². The molecule has 3 fully saturated rings. The molecule has 2 saturated carbocycles. The van der Waals surface area contributed by atoms with Gasteiger partial charge in [-0.05, 0) is 87.1 Å². The number of likely N-dealkylation sites (tertiary alicyclic amines) is 1. The number of allylic oxidation sites excluding steroid dienone is 2. The van der Waals surface area contributed by atoms with Gasteiger partial charge in [0, 0.05) is 25.1 Å². The first-order valence-corrected chi connectivity index (χ1v) is 21.5. The Labute approximate surface area is 326 Å². The molecule has 1 aliphatic heterocycles. The SMILES string of the molecule is CNC(=O)[C@@H]1C[C@@H](Oc2nc3ccccc3nc2-c2cccs2)CN1C(=O)[C@H](CCCCCC=C[C@@H]1C[C@@H]1C(=O)NS(=O)(=O)C1(C)CC1)Nc1ccccc1. The number of fused-ring (bicyclic) bond motifs is 1. The second-order valence-electron chi connectivity index (χ2n) is 15.0. The summed E-state index contributed by atoms with van der Waals surface area (Å²) in [5, 5.41) is 8.16. The number of amides is 3. The molecule has 290 valence electrons. The van der Waals surface area contributed by atoms with Crippen molar-refractivity contribution >= 4 is 55.8 Å². The summed E-state index contributed by atoms with van der Waals surface area (Å²) in [7, 11) is -2.04. The Balaban J connectivity index is 0.968. The number of aromatic nitrogens is 2. The Kier molecular flexibility index (Phi) is 11.5. The molecule has 3 amide bonds. The quantitative estimate of drug-likeness (QED) is 0.0853. The number of likely N-dealkylation sites (N-methyl/N-ethyl adjacent to an activating group) is 1. The first kappa shape index (κ1) is 38.5. The van der Waals surface area contributed by atoms with Gasteiger partial charge in [-0.1, -0.05) is 61.4 Å². The van der Waals surface area contributed by atoms with E-state index in [1.54, 1.807) is 30.2 Å². The molecule has 3 heterocycles. The summed E-state index contributed by atoms with van der Waals surface area (Å²) in [4.78, 5) is 52.4. The van der Waals surface area contributed by atoms with Crippen molar-refractivity contribution in [2.24, 2.45) is 11.8 Å². The molecule has 5 atom stereocenters. The van der Waals surface area contributed by atoms with Gasteiger partial charge in [-0.2, -0.15) is 0 Å². The van der Waals surface area contributed by atoms with Gasteiger partial charge in [0.05, 0.1) is 27.2 Å². The lowest BCUT2D eigenvalue weighted by Gasteiger charge is -2.29. The maximum Gasteiger partial charge on any atom is 0.245 e. The lowest BCUT2D eigenvalue weighted by atomic mass is 10.0. The molecule has 4 aromatic rings. The number of sulfonamides is 1. The van der Waals surface area contributed by atoms with Crippen molar-refractivity contribution in [3.8, 4) is 16.5 Å². The number of ether oxygens (including phenoxy) is 1. The van der Waals surface area contributed by atoms with E-state index < -0.39 is 38.9 Å². The maximum atomic E-state index is 14.4. The smallest absolute Gasteiger partial charge is 0.245 e. The molecular weight excluding hydrogens is 737 g/mol. The number of para-hydroxylation sites is 3. The summed E-state index contributed by atoms with van der Waals surface area (Å²) in [5.41, 5.74) is 2.90. The van der Waals surface area contributed by atoms with Crippen LogP contribution in [0.3, 0.4) is 0 Å². The first-order chi connectivity index (χ1) is 26.5. The lowest BCUT2D eigenvalue weighted by molar-refractivity contribution is -0.139. The van der Waals surface area contributed by atoms with Gasteiger partial charge in [0.1, 0.15) is 23.9 Å². The van der Waals surface area contributed by atoms with Crippen molar-refractivity contribution in [2.75, 3.05) is 18.9 Å². The highest BCUT2D eigenvalue weighted by molar-refractivity contribution is 7.91. The van der Waals surface area contributed by atoms with E-state index in [0.29, 0.717) is 49.2 Å². The van der Waals surface area contributed by atoms with E-state index in [4.69, 9.17) is 14.7 Å². The molecule has 1 saturated heterocycles. The fraction of sp³-hybridized carbons (Fsp3) is 0.439. The van der Waals surface area contributed by atoms with Gasteiger partial charge in [0.15, 0.2) is 0 Å². The highest BCUT2D eigenvalue weighted by Crippen LogP contribution is 2.44. The van der Waals surface area contributed by atoms with Gasteiger partial charge in [-0.3, -0.25) is 19.1 Å². The molecule has 7 rings (SSSR count). The Morgan fingerprint density at radius 1 is 0.964 bits per heavy atom. The Bertz CT molecular complexity index is 2140. The number of anilines is 1. The third kappa shape index (κ3) is 9.02. The van der Waals surface area contributed by atoms with Crippen LogP contribution in [0.2, 0.25) is 0 Å². The van der Waals surface area contributed by atoms with Crippen LogP contribution in [0.25, 0.3) is 21.6 Å². The summed E-state index contributed by atoms with van der Waals surface area (Å²) in [6.45, 7) is 1.89. The predicted octanol–water partition coefficient (Wildman–Crippen LogP) is 6.07. The highest BCUT2D eigenvalue weighted by atomic mass is 32.2.